The van der Waals surface area contributed by atoms with Gasteiger partial charge < -0.3 is 15.4 Å². The lowest BCUT2D eigenvalue weighted by Crippen LogP contribution is -2.20. The summed E-state index contributed by atoms with van der Waals surface area (Å²) in [5, 5.41) is 5.60. The molecule has 6 nitrogen and oxygen atoms in total. The molecule has 0 radical (unpaired) electrons. The van der Waals surface area contributed by atoms with Crippen molar-refractivity contribution in [1.82, 2.24) is 10.3 Å². The minimum atomic E-state index is -4.54. The number of anilines is 1. The molecule has 4 rings (SSSR count). The molecule has 174 valence electrons. The molecule has 3 aromatic rings. The number of ether oxygens (including phenoxy) is 1. The van der Waals surface area contributed by atoms with Gasteiger partial charge >= 0.3 is 6.18 Å². The highest BCUT2D eigenvalue weighted by Gasteiger charge is 2.33. The van der Waals surface area contributed by atoms with Crippen molar-refractivity contribution in [2.45, 2.75) is 6.18 Å². The average molecular weight is 531 g/mol. The number of amidine groups is 1. The Morgan fingerprint density at radius 3 is 2.71 bits per heavy atom. The van der Waals surface area contributed by atoms with Crippen LogP contribution in [0.4, 0.5) is 18.9 Å². The van der Waals surface area contributed by atoms with Crippen molar-refractivity contribution in [2.24, 2.45) is 4.99 Å². The van der Waals surface area contributed by atoms with E-state index in [9.17, 15) is 18.0 Å². The highest BCUT2D eigenvalue weighted by atomic mass is 79.9. The minimum absolute atomic E-state index is 0.0390. The van der Waals surface area contributed by atoms with E-state index in [1.165, 1.54) is 18.2 Å². The van der Waals surface area contributed by atoms with Gasteiger partial charge in [0, 0.05) is 35.0 Å². The highest BCUT2D eigenvalue weighted by Crippen LogP contribution is 2.36. The molecule has 2 aromatic carbocycles. The predicted octanol–water partition coefficient (Wildman–Crippen LogP) is 5.66. The number of carbonyl (C=O) groups excluding carboxylic acids is 1. The van der Waals surface area contributed by atoms with Crippen LogP contribution in [0.25, 0.3) is 6.08 Å². The zero-order valence-corrected chi connectivity index (χ0v) is 19.2. The van der Waals surface area contributed by atoms with E-state index in [1.807, 2.05) is 0 Å². The number of benzene rings is 2. The molecule has 0 saturated carbocycles. The molecule has 0 fully saturated rings. The maximum atomic E-state index is 13.0. The quantitative estimate of drug-likeness (QED) is 0.403. The number of halogens is 4. The summed E-state index contributed by atoms with van der Waals surface area (Å²) in [6.07, 6.45) is -0.121. The van der Waals surface area contributed by atoms with Crippen LogP contribution >= 0.6 is 15.9 Å². The third-order valence-corrected chi connectivity index (χ3v) is 5.40. The number of aliphatic imine (C=N–C) groups is 1. The summed E-state index contributed by atoms with van der Waals surface area (Å²) in [5.74, 6) is 1.28. The molecule has 1 aliphatic heterocycles. The number of carbonyl (C=O) groups is 1. The number of nitrogens with one attached hydrogen (secondary N) is 2. The van der Waals surface area contributed by atoms with Crippen molar-refractivity contribution in [3.8, 4) is 11.5 Å². The third kappa shape index (κ3) is 6.02. The summed E-state index contributed by atoms with van der Waals surface area (Å²) < 4.78 is 45.0. The zero-order chi connectivity index (χ0) is 24.1. The lowest BCUT2D eigenvalue weighted by molar-refractivity contribution is -0.138. The number of rotatable bonds is 6. The van der Waals surface area contributed by atoms with Gasteiger partial charge in [-0.1, -0.05) is 28.1 Å². The largest absolute Gasteiger partial charge is 0.457 e. The Hall–Kier alpha value is -3.66. The summed E-state index contributed by atoms with van der Waals surface area (Å²) in [6.45, 7) is 1.48. The van der Waals surface area contributed by atoms with Gasteiger partial charge in [-0.15, -0.1) is 0 Å². The Morgan fingerprint density at radius 2 is 1.94 bits per heavy atom. The summed E-state index contributed by atoms with van der Waals surface area (Å²) in [4.78, 5) is 20.9. The van der Waals surface area contributed by atoms with Crippen LogP contribution in [0.2, 0.25) is 0 Å². The van der Waals surface area contributed by atoms with Gasteiger partial charge in [0.05, 0.1) is 12.1 Å². The number of pyridine rings is 1. The Labute approximate surface area is 201 Å². The first-order chi connectivity index (χ1) is 16.3. The molecule has 0 atom stereocenters. The van der Waals surface area contributed by atoms with Crippen molar-refractivity contribution in [2.75, 3.05) is 18.4 Å². The highest BCUT2D eigenvalue weighted by molar-refractivity contribution is 9.10. The number of hydrogen-bond donors (Lipinski definition) is 2. The molecule has 1 aromatic heterocycles. The molecule has 10 heteroatoms. The van der Waals surface area contributed by atoms with Crippen LogP contribution in [0, 0.1) is 0 Å². The van der Waals surface area contributed by atoms with Gasteiger partial charge in [-0.25, -0.2) is 0 Å². The van der Waals surface area contributed by atoms with Crippen molar-refractivity contribution in [1.29, 1.82) is 0 Å². The molecule has 0 spiro atoms. The second-order valence-electron chi connectivity index (χ2n) is 7.22. The fraction of sp³-hybridized carbons (Fsp3) is 0.125. The topological polar surface area (TPSA) is 75.6 Å². The van der Waals surface area contributed by atoms with Gasteiger partial charge in [-0.3, -0.25) is 14.8 Å². The van der Waals surface area contributed by atoms with Gasteiger partial charge in [0.15, 0.2) is 0 Å². The van der Waals surface area contributed by atoms with E-state index in [2.05, 4.69) is 36.5 Å². The SMILES string of the molecule is O=C(/C=C/c1cccc(Oc2ccnc(C3=NCCN3)c2)c1)Nc1ccc(Br)c(C(F)(F)F)c1. The fourth-order valence-corrected chi connectivity index (χ4v) is 3.64. The van der Waals surface area contributed by atoms with E-state index in [4.69, 9.17) is 4.74 Å². The molecule has 0 aliphatic carbocycles. The first-order valence-corrected chi connectivity index (χ1v) is 11.0. The number of aromatic nitrogens is 1. The molecule has 2 N–H and O–H groups in total. The molecule has 34 heavy (non-hydrogen) atoms. The molecule has 1 aliphatic rings. The van der Waals surface area contributed by atoms with Crippen molar-refractivity contribution in [3.63, 3.8) is 0 Å². The average Bonchev–Trinajstić information content (AvgIpc) is 3.34. The molecule has 0 saturated heterocycles. The van der Waals surface area contributed by atoms with Gasteiger partial charge in [0.25, 0.3) is 0 Å². The Balaban J connectivity index is 1.42. The van der Waals surface area contributed by atoms with Gasteiger partial charge in [0.2, 0.25) is 5.91 Å². The molecular weight excluding hydrogens is 513 g/mol. The van der Waals surface area contributed by atoms with E-state index < -0.39 is 17.6 Å². The standard InChI is InChI=1S/C24H18BrF3N4O2/c25-20-6-5-16(13-19(20)24(26,27)28)32-22(33)7-4-15-2-1-3-17(12-15)34-18-8-9-29-21(14-18)23-30-10-11-31-23/h1-9,12-14H,10-11H2,(H,30,31)(H,32,33)/b7-4+. The van der Waals surface area contributed by atoms with Crippen LogP contribution in [-0.2, 0) is 11.0 Å². The van der Waals surface area contributed by atoms with Crippen LogP contribution in [0.5, 0.6) is 11.5 Å². The van der Waals surface area contributed by atoms with Gasteiger partial charge in [-0.05, 0) is 48.0 Å². The van der Waals surface area contributed by atoms with E-state index in [1.54, 1.807) is 48.7 Å². The van der Waals surface area contributed by atoms with Crippen LogP contribution in [-0.4, -0.2) is 29.8 Å². The van der Waals surface area contributed by atoms with Crippen LogP contribution in [0.3, 0.4) is 0 Å². The maximum Gasteiger partial charge on any atom is 0.417 e. The first-order valence-electron chi connectivity index (χ1n) is 10.2. The van der Waals surface area contributed by atoms with E-state index in [-0.39, 0.29) is 10.2 Å². The number of amides is 1. The Kier molecular flexibility index (Phi) is 6.97. The smallest absolute Gasteiger partial charge is 0.417 e. The number of nitrogens with zero attached hydrogens (tertiary/aromatic N) is 2. The number of alkyl halides is 3. The van der Waals surface area contributed by atoms with E-state index in [0.717, 1.165) is 18.4 Å². The maximum absolute atomic E-state index is 13.0. The Bertz CT molecular complexity index is 1280. The molecule has 0 unspecified atom stereocenters. The van der Waals surface area contributed by atoms with Crippen molar-refractivity contribution >= 4 is 39.4 Å². The zero-order valence-electron chi connectivity index (χ0n) is 17.6. The molecule has 1 amide bonds. The van der Waals surface area contributed by atoms with E-state index in [0.29, 0.717) is 29.3 Å². The lowest BCUT2D eigenvalue weighted by atomic mass is 10.2. The van der Waals surface area contributed by atoms with Gasteiger partial charge in [-0.2, -0.15) is 13.2 Å². The van der Waals surface area contributed by atoms with Crippen LogP contribution in [0.1, 0.15) is 16.8 Å². The van der Waals surface area contributed by atoms with Crippen molar-refractivity contribution in [3.05, 3.63) is 88.2 Å². The third-order valence-electron chi connectivity index (χ3n) is 4.71. The molecule has 0 bridgehead atoms. The first kappa shape index (κ1) is 23.5. The molecule has 2 heterocycles. The molecular formula is C24H18BrF3N4O2. The summed E-state index contributed by atoms with van der Waals surface area (Å²) in [5.41, 5.74) is 0.534. The normalized spacial score (nSPS) is 13.5. The van der Waals surface area contributed by atoms with Crippen molar-refractivity contribution < 1.29 is 22.7 Å². The van der Waals surface area contributed by atoms with Gasteiger partial charge in [0.1, 0.15) is 23.0 Å². The second kappa shape index (κ2) is 10.1. The monoisotopic (exact) mass is 530 g/mol. The minimum Gasteiger partial charge on any atom is -0.457 e. The summed E-state index contributed by atoms with van der Waals surface area (Å²) in [7, 11) is 0. The summed E-state index contributed by atoms with van der Waals surface area (Å²) in [6, 6.07) is 14.0. The summed E-state index contributed by atoms with van der Waals surface area (Å²) >= 11 is 2.87. The van der Waals surface area contributed by atoms with Crippen LogP contribution < -0.4 is 15.4 Å². The van der Waals surface area contributed by atoms with Crippen LogP contribution in [0.15, 0.2) is 76.3 Å². The fourth-order valence-electron chi connectivity index (χ4n) is 3.17. The van der Waals surface area contributed by atoms with E-state index >= 15 is 0 Å². The lowest BCUT2D eigenvalue weighted by Gasteiger charge is -2.11. The predicted molar refractivity (Wildman–Crippen MR) is 127 cm³/mol. The second-order valence-corrected chi connectivity index (χ2v) is 8.08. The Morgan fingerprint density at radius 1 is 1.12 bits per heavy atom. The number of hydrogen-bond acceptors (Lipinski definition) is 5.